The summed E-state index contributed by atoms with van der Waals surface area (Å²) in [5.41, 5.74) is 1.14. The van der Waals surface area contributed by atoms with Gasteiger partial charge >= 0.3 is 6.09 Å². The number of nitrogens with zero attached hydrogens (tertiary/aromatic N) is 3. The fourth-order valence-electron chi connectivity index (χ4n) is 3.95. The van der Waals surface area contributed by atoms with E-state index in [4.69, 9.17) is 16.3 Å². The summed E-state index contributed by atoms with van der Waals surface area (Å²) >= 11 is 6.51. The lowest BCUT2D eigenvalue weighted by molar-refractivity contribution is 0.0448. The van der Waals surface area contributed by atoms with Gasteiger partial charge in [0.15, 0.2) is 0 Å². The third kappa shape index (κ3) is 5.96. The molecule has 5 nitrogen and oxygen atoms in total. The van der Waals surface area contributed by atoms with Crippen LogP contribution in [0.25, 0.3) is 6.08 Å². The van der Waals surface area contributed by atoms with E-state index in [0.717, 1.165) is 56.4 Å². The van der Waals surface area contributed by atoms with Crippen LogP contribution in [0.15, 0.2) is 35.4 Å². The number of piperazine rings is 1. The van der Waals surface area contributed by atoms with Crippen molar-refractivity contribution >= 4 is 23.8 Å². The summed E-state index contributed by atoms with van der Waals surface area (Å²) in [6.07, 6.45) is 4.29. The highest BCUT2D eigenvalue weighted by Crippen LogP contribution is 2.20. The molecule has 0 N–H and O–H groups in total. The van der Waals surface area contributed by atoms with Gasteiger partial charge < -0.3 is 9.64 Å². The number of ether oxygens (including phenoxy) is 1. The van der Waals surface area contributed by atoms with Crippen LogP contribution < -0.4 is 0 Å². The Morgan fingerprint density at radius 3 is 2.63 bits per heavy atom. The lowest BCUT2D eigenvalue weighted by Crippen LogP contribution is -2.56. The van der Waals surface area contributed by atoms with E-state index in [9.17, 15) is 4.79 Å². The van der Waals surface area contributed by atoms with Crippen molar-refractivity contribution in [3.05, 3.63) is 40.9 Å². The molecule has 0 spiro atoms. The van der Waals surface area contributed by atoms with Gasteiger partial charge in [0.25, 0.3) is 0 Å². The van der Waals surface area contributed by atoms with Gasteiger partial charge in [0.2, 0.25) is 0 Å². The molecule has 2 saturated heterocycles. The first kappa shape index (κ1) is 20.2. The maximum atomic E-state index is 11.9. The second kappa shape index (κ2) is 10.1. The maximum Gasteiger partial charge on any atom is 0.409 e. The molecule has 0 bridgehead atoms. The van der Waals surface area contributed by atoms with E-state index in [0.29, 0.717) is 12.6 Å². The van der Waals surface area contributed by atoms with E-state index in [1.807, 2.05) is 30.0 Å². The maximum absolute atomic E-state index is 11.9. The lowest BCUT2D eigenvalue weighted by atomic mass is 10.0. The summed E-state index contributed by atoms with van der Waals surface area (Å²) < 4.78 is 5.11. The molecule has 0 radical (unpaired) electrons. The summed E-state index contributed by atoms with van der Waals surface area (Å²) in [6.45, 7) is 8.58. The summed E-state index contributed by atoms with van der Waals surface area (Å²) in [4.78, 5) is 18.7. The number of carbonyl (C=O) groups is 1. The quantitative estimate of drug-likeness (QED) is 0.769. The van der Waals surface area contributed by atoms with E-state index in [-0.39, 0.29) is 6.09 Å². The highest BCUT2D eigenvalue weighted by molar-refractivity contribution is 6.31. The molecule has 2 aliphatic heterocycles. The minimum atomic E-state index is -0.180. The molecule has 27 heavy (non-hydrogen) atoms. The van der Waals surface area contributed by atoms with Crippen molar-refractivity contribution in [2.75, 3.05) is 52.4 Å². The Bertz CT molecular complexity index is 630. The molecule has 0 aromatic heterocycles. The molecule has 1 atom stereocenters. The monoisotopic (exact) mass is 391 g/mol. The Hall–Kier alpha value is -1.56. The molecule has 1 amide bonds. The van der Waals surface area contributed by atoms with Crippen LogP contribution in [0, 0.1) is 0 Å². The van der Waals surface area contributed by atoms with Gasteiger partial charge in [-0.1, -0.05) is 41.9 Å². The fourth-order valence-corrected chi connectivity index (χ4v) is 4.24. The van der Waals surface area contributed by atoms with Crippen LogP contribution in [0.4, 0.5) is 4.79 Å². The standard InChI is InChI=1S/C21H30ClN3O2/c1-2-27-21(26)25-13-11-24(12-14-25)20-9-6-10-23(17-20)16-19(22)15-18-7-4-3-5-8-18/h3-5,7-8,15,20H,2,6,9-14,16-17H2,1H3/b19-15-/t20-/m0/s1. The average Bonchev–Trinajstić information content (AvgIpc) is 2.69. The molecule has 0 unspecified atom stereocenters. The van der Waals surface area contributed by atoms with Crippen molar-refractivity contribution in [3.8, 4) is 0 Å². The Kier molecular flexibility index (Phi) is 7.56. The molecular formula is C21H30ClN3O2. The molecule has 6 heteroatoms. The minimum Gasteiger partial charge on any atom is -0.450 e. The van der Waals surface area contributed by atoms with Crippen molar-refractivity contribution in [3.63, 3.8) is 0 Å². The summed E-state index contributed by atoms with van der Waals surface area (Å²) in [7, 11) is 0. The van der Waals surface area contributed by atoms with E-state index >= 15 is 0 Å². The predicted octanol–water partition coefficient (Wildman–Crippen LogP) is 3.50. The molecule has 2 aliphatic rings. The second-order valence-electron chi connectivity index (χ2n) is 7.25. The fraction of sp³-hybridized carbons (Fsp3) is 0.571. The van der Waals surface area contributed by atoms with Gasteiger partial charge in [-0.3, -0.25) is 9.80 Å². The topological polar surface area (TPSA) is 36.0 Å². The van der Waals surface area contributed by atoms with Gasteiger partial charge in [0.05, 0.1) is 6.61 Å². The number of benzene rings is 1. The van der Waals surface area contributed by atoms with Gasteiger partial charge in [0.1, 0.15) is 0 Å². The smallest absolute Gasteiger partial charge is 0.409 e. The number of likely N-dealkylation sites (tertiary alicyclic amines) is 1. The van der Waals surface area contributed by atoms with Crippen LogP contribution in [0.1, 0.15) is 25.3 Å². The Morgan fingerprint density at radius 1 is 1.19 bits per heavy atom. The first-order chi connectivity index (χ1) is 13.2. The van der Waals surface area contributed by atoms with E-state index in [2.05, 4.69) is 28.0 Å². The first-order valence-electron chi connectivity index (χ1n) is 9.95. The predicted molar refractivity (Wildman–Crippen MR) is 110 cm³/mol. The van der Waals surface area contributed by atoms with Crippen LogP contribution in [0.5, 0.6) is 0 Å². The average molecular weight is 392 g/mol. The van der Waals surface area contributed by atoms with Crippen molar-refractivity contribution in [1.82, 2.24) is 14.7 Å². The molecule has 3 rings (SSSR count). The molecule has 0 aliphatic carbocycles. The molecule has 148 valence electrons. The zero-order chi connectivity index (χ0) is 19.1. The van der Waals surface area contributed by atoms with Gasteiger partial charge in [-0.05, 0) is 37.9 Å². The van der Waals surface area contributed by atoms with Crippen molar-refractivity contribution in [1.29, 1.82) is 0 Å². The second-order valence-corrected chi connectivity index (χ2v) is 7.74. The molecule has 2 heterocycles. The van der Waals surface area contributed by atoms with Crippen LogP contribution in [-0.2, 0) is 4.74 Å². The molecule has 0 saturated carbocycles. The third-order valence-electron chi connectivity index (χ3n) is 5.33. The summed E-state index contributed by atoms with van der Waals surface area (Å²) in [5.74, 6) is 0. The van der Waals surface area contributed by atoms with Crippen LogP contribution in [0.2, 0.25) is 0 Å². The number of piperidine rings is 1. The van der Waals surface area contributed by atoms with Gasteiger partial charge in [-0.2, -0.15) is 0 Å². The number of carbonyl (C=O) groups excluding carboxylic acids is 1. The van der Waals surface area contributed by atoms with E-state index in [1.54, 1.807) is 0 Å². The first-order valence-corrected chi connectivity index (χ1v) is 10.3. The Labute approximate surface area is 167 Å². The number of amides is 1. The highest BCUT2D eigenvalue weighted by atomic mass is 35.5. The van der Waals surface area contributed by atoms with Crippen molar-refractivity contribution in [2.45, 2.75) is 25.8 Å². The number of hydrogen-bond donors (Lipinski definition) is 0. The largest absolute Gasteiger partial charge is 0.450 e. The highest BCUT2D eigenvalue weighted by Gasteiger charge is 2.29. The number of rotatable bonds is 5. The minimum absolute atomic E-state index is 0.180. The molecular weight excluding hydrogens is 362 g/mol. The molecule has 1 aromatic rings. The lowest BCUT2D eigenvalue weighted by Gasteiger charge is -2.43. The number of halogens is 1. The van der Waals surface area contributed by atoms with Gasteiger partial charge in [-0.15, -0.1) is 0 Å². The summed E-state index contributed by atoms with van der Waals surface area (Å²) in [6, 6.07) is 10.8. The van der Waals surface area contributed by atoms with Gasteiger partial charge in [0, 0.05) is 50.3 Å². The molecule has 2 fully saturated rings. The van der Waals surface area contributed by atoms with E-state index < -0.39 is 0 Å². The number of hydrogen-bond acceptors (Lipinski definition) is 4. The normalized spacial score (nSPS) is 22.7. The third-order valence-corrected chi connectivity index (χ3v) is 5.56. The van der Waals surface area contributed by atoms with Crippen molar-refractivity contribution in [2.24, 2.45) is 0 Å². The van der Waals surface area contributed by atoms with Crippen LogP contribution in [-0.4, -0.2) is 79.3 Å². The zero-order valence-corrected chi connectivity index (χ0v) is 16.9. The SMILES string of the molecule is CCOC(=O)N1CCN([C@H]2CCCN(C/C(Cl)=C/c3ccccc3)C2)CC1. The summed E-state index contributed by atoms with van der Waals surface area (Å²) in [5, 5.41) is 0.883. The van der Waals surface area contributed by atoms with E-state index in [1.165, 1.54) is 12.8 Å². The van der Waals surface area contributed by atoms with Crippen LogP contribution in [0.3, 0.4) is 0 Å². The van der Waals surface area contributed by atoms with Gasteiger partial charge in [-0.25, -0.2) is 4.79 Å². The van der Waals surface area contributed by atoms with Crippen molar-refractivity contribution < 1.29 is 9.53 Å². The van der Waals surface area contributed by atoms with Crippen LogP contribution >= 0.6 is 11.6 Å². The molecule has 1 aromatic carbocycles. The Balaban J connectivity index is 1.48. The zero-order valence-electron chi connectivity index (χ0n) is 16.1. The Morgan fingerprint density at radius 2 is 1.93 bits per heavy atom.